The van der Waals surface area contributed by atoms with Crippen molar-refractivity contribution in [3.63, 3.8) is 0 Å². The molecule has 3 aromatic carbocycles. The summed E-state index contributed by atoms with van der Waals surface area (Å²) in [5.41, 5.74) is 3.83. The standard InChI is InChI=1S/C26H19ClN2O6/c1-33-20-5-3-4-15(24(20)30)13-6-8-14(9-7-13)16-10-17-19(11-18(16)27)28-26(32)23(17)25(31)21-12-22(34-2)29-35-21/h3-12,30-31H,1-2H3,(H,28,32). The van der Waals surface area contributed by atoms with Gasteiger partial charge in [0.15, 0.2) is 17.3 Å². The summed E-state index contributed by atoms with van der Waals surface area (Å²) >= 11 is 6.55. The third-order valence-electron chi connectivity index (χ3n) is 5.75. The SMILES string of the molecule is COc1cc(C(O)=C2C(=O)Nc3cc(Cl)c(-c4ccc(-c5cccc(OC)c5O)cc4)cc32)on1. The zero-order chi connectivity index (χ0) is 24.7. The molecule has 0 aliphatic carbocycles. The lowest BCUT2D eigenvalue weighted by Crippen LogP contribution is -2.05. The van der Waals surface area contributed by atoms with Gasteiger partial charge in [-0.05, 0) is 34.5 Å². The Labute approximate surface area is 205 Å². The molecule has 5 rings (SSSR count). The molecule has 35 heavy (non-hydrogen) atoms. The second-order valence-corrected chi connectivity index (χ2v) is 8.13. The highest BCUT2D eigenvalue weighted by molar-refractivity contribution is 6.38. The number of hydrogen-bond acceptors (Lipinski definition) is 7. The predicted molar refractivity (Wildman–Crippen MR) is 132 cm³/mol. The molecule has 3 N–H and O–H groups in total. The molecular weight excluding hydrogens is 472 g/mol. The van der Waals surface area contributed by atoms with Gasteiger partial charge in [-0.15, -0.1) is 0 Å². The molecule has 8 nitrogen and oxygen atoms in total. The van der Waals surface area contributed by atoms with E-state index < -0.39 is 5.91 Å². The van der Waals surface area contributed by atoms with Gasteiger partial charge in [-0.2, -0.15) is 0 Å². The average molecular weight is 491 g/mol. The first-order valence-corrected chi connectivity index (χ1v) is 10.9. The molecule has 0 radical (unpaired) electrons. The van der Waals surface area contributed by atoms with E-state index in [4.69, 9.17) is 25.6 Å². The van der Waals surface area contributed by atoms with E-state index in [1.54, 1.807) is 30.3 Å². The van der Waals surface area contributed by atoms with Crippen molar-refractivity contribution in [3.05, 3.63) is 77.0 Å². The number of amides is 1. The number of aromatic nitrogens is 1. The topological polar surface area (TPSA) is 114 Å². The minimum Gasteiger partial charge on any atom is -0.504 e. The summed E-state index contributed by atoms with van der Waals surface area (Å²) in [4.78, 5) is 12.7. The first kappa shape index (κ1) is 22.4. The number of methoxy groups -OCH3 is 2. The van der Waals surface area contributed by atoms with Crippen LogP contribution in [0.15, 0.2) is 65.2 Å². The van der Waals surface area contributed by atoms with Crippen LogP contribution in [0.1, 0.15) is 11.3 Å². The highest BCUT2D eigenvalue weighted by atomic mass is 35.5. The van der Waals surface area contributed by atoms with Gasteiger partial charge in [0.1, 0.15) is 0 Å². The number of aliphatic hydroxyl groups is 1. The van der Waals surface area contributed by atoms with Gasteiger partial charge in [0, 0.05) is 16.7 Å². The summed E-state index contributed by atoms with van der Waals surface area (Å²) in [6, 6.07) is 17.4. The molecule has 0 saturated heterocycles. The van der Waals surface area contributed by atoms with Crippen molar-refractivity contribution in [2.45, 2.75) is 0 Å². The maximum atomic E-state index is 12.7. The quantitative estimate of drug-likeness (QED) is 0.240. The molecule has 1 aromatic heterocycles. The molecule has 1 aliphatic heterocycles. The third kappa shape index (κ3) is 3.83. The van der Waals surface area contributed by atoms with Gasteiger partial charge >= 0.3 is 0 Å². The van der Waals surface area contributed by atoms with Gasteiger partial charge in [-0.1, -0.05) is 48.0 Å². The summed E-state index contributed by atoms with van der Waals surface area (Å²) < 4.78 is 15.3. The fourth-order valence-corrected chi connectivity index (χ4v) is 4.26. The van der Waals surface area contributed by atoms with E-state index in [2.05, 4.69) is 10.5 Å². The number of aliphatic hydroxyl groups excluding tert-OH is 1. The van der Waals surface area contributed by atoms with E-state index >= 15 is 0 Å². The number of aromatic hydroxyl groups is 1. The van der Waals surface area contributed by atoms with Crippen molar-refractivity contribution >= 4 is 34.5 Å². The molecule has 0 unspecified atom stereocenters. The number of benzene rings is 3. The Hall–Kier alpha value is -4.43. The fraction of sp³-hybridized carbons (Fsp3) is 0.0769. The molecule has 176 valence electrons. The summed E-state index contributed by atoms with van der Waals surface area (Å²) in [5.74, 6) is -0.256. The zero-order valence-corrected chi connectivity index (χ0v) is 19.4. The summed E-state index contributed by atoms with van der Waals surface area (Å²) in [6.45, 7) is 0. The zero-order valence-electron chi connectivity index (χ0n) is 18.6. The van der Waals surface area contributed by atoms with Crippen LogP contribution in [0.25, 0.3) is 33.6 Å². The van der Waals surface area contributed by atoms with Crippen LogP contribution in [0.3, 0.4) is 0 Å². The lowest BCUT2D eigenvalue weighted by atomic mass is 9.96. The highest BCUT2D eigenvalue weighted by Gasteiger charge is 2.31. The molecule has 9 heteroatoms. The van der Waals surface area contributed by atoms with Crippen molar-refractivity contribution in [2.24, 2.45) is 0 Å². The van der Waals surface area contributed by atoms with E-state index in [-0.39, 0.29) is 28.7 Å². The largest absolute Gasteiger partial charge is 0.504 e. The summed E-state index contributed by atoms with van der Waals surface area (Å²) in [6.07, 6.45) is 0. The van der Waals surface area contributed by atoms with Gasteiger partial charge < -0.3 is 29.5 Å². The van der Waals surface area contributed by atoms with Crippen LogP contribution in [0.2, 0.25) is 5.02 Å². The number of hydrogen-bond donors (Lipinski definition) is 3. The molecule has 2 heterocycles. The number of phenols is 1. The van der Waals surface area contributed by atoms with E-state index in [1.807, 2.05) is 24.3 Å². The number of phenolic OH excluding ortho intramolecular Hbond substituents is 1. The van der Waals surface area contributed by atoms with Crippen LogP contribution in [0.5, 0.6) is 17.4 Å². The second-order valence-electron chi connectivity index (χ2n) is 7.72. The molecule has 1 amide bonds. The summed E-state index contributed by atoms with van der Waals surface area (Å²) in [5, 5.41) is 28.0. The maximum Gasteiger partial charge on any atom is 0.260 e. The minimum absolute atomic E-state index is 0.00111. The number of carbonyl (C=O) groups excluding carboxylic acids is 1. The van der Waals surface area contributed by atoms with Crippen molar-refractivity contribution in [2.75, 3.05) is 19.5 Å². The average Bonchev–Trinajstić information content (AvgIpc) is 3.47. The van der Waals surface area contributed by atoms with Crippen LogP contribution in [-0.2, 0) is 4.79 Å². The molecule has 0 fully saturated rings. The van der Waals surface area contributed by atoms with E-state index in [1.165, 1.54) is 20.3 Å². The van der Waals surface area contributed by atoms with Crippen molar-refractivity contribution < 1.29 is 29.0 Å². The molecule has 0 spiro atoms. The minimum atomic E-state index is -0.495. The van der Waals surface area contributed by atoms with E-state index in [9.17, 15) is 15.0 Å². The number of ether oxygens (including phenoxy) is 2. The number of nitrogens with zero attached hydrogens (tertiary/aromatic N) is 1. The van der Waals surface area contributed by atoms with Crippen LogP contribution >= 0.6 is 11.6 Å². The van der Waals surface area contributed by atoms with Crippen molar-refractivity contribution in [1.82, 2.24) is 5.16 Å². The van der Waals surface area contributed by atoms with Crippen LogP contribution in [0, 0.1) is 0 Å². The number of halogens is 1. The number of para-hydroxylation sites is 1. The van der Waals surface area contributed by atoms with Crippen LogP contribution in [-0.4, -0.2) is 35.5 Å². The lowest BCUT2D eigenvalue weighted by Gasteiger charge is -2.11. The Morgan fingerprint density at radius 1 is 0.971 bits per heavy atom. The van der Waals surface area contributed by atoms with E-state index in [0.29, 0.717) is 33.1 Å². The maximum absolute atomic E-state index is 12.7. The number of nitrogens with one attached hydrogen (secondary N) is 1. The Morgan fingerprint density at radius 3 is 2.34 bits per heavy atom. The number of anilines is 1. The Kier molecular flexibility index (Phi) is 5.58. The highest BCUT2D eigenvalue weighted by Crippen LogP contribution is 2.43. The molecular formula is C26H19ClN2O6. The second kappa shape index (κ2) is 8.73. The Bertz CT molecular complexity index is 1490. The number of fused-ring (bicyclic) bond motifs is 1. The molecule has 4 aromatic rings. The Balaban J connectivity index is 1.56. The number of carbonyl (C=O) groups is 1. The molecule has 1 aliphatic rings. The monoisotopic (exact) mass is 490 g/mol. The lowest BCUT2D eigenvalue weighted by molar-refractivity contribution is -0.110. The first-order chi connectivity index (χ1) is 16.9. The first-order valence-electron chi connectivity index (χ1n) is 10.5. The van der Waals surface area contributed by atoms with Gasteiger partial charge in [0.25, 0.3) is 11.8 Å². The number of rotatable bonds is 5. The van der Waals surface area contributed by atoms with Gasteiger partial charge in [0.05, 0.1) is 36.6 Å². The molecule has 0 atom stereocenters. The predicted octanol–water partition coefficient (Wildman–Crippen LogP) is 5.76. The van der Waals surface area contributed by atoms with Crippen molar-refractivity contribution in [3.8, 4) is 39.6 Å². The smallest absolute Gasteiger partial charge is 0.260 e. The van der Waals surface area contributed by atoms with Crippen LogP contribution < -0.4 is 14.8 Å². The van der Waals surface area contributed by atoms with Crippen LogP contribution in [0.4, 0.5) is 5.69 Å². The van der Waals surface area contributed by atoms with Gasteiger partial charge in [-0.3, -0.25) is 4.79 Å². The summed E-state index contributed by atoms with van der Waals surface area (Å²) in [7, 11) is 2.91. The normalized spacial score (nSPS) is 13.9. The third-order valence-corrected chi connectivity index (χ3v) is 6.06. The van der Waals surface area contributed by atoms with Gasteiger partial charge in [0.2, 0.25) is 5.76 Å². The van der Waals surface area contributed by atoms with E-state index in [0.717, 1.165) is 11.1 Å². The molecule has 0 saturated carbocycles. The Morgan fingerprint density at radius 2 is 1.69 bits per heavy atom. The van der Waals surface area contributed by atoms with Gasteiger partial charge in [-0.25, -0.2) is 0 Å². The van der Waals surface area contributed by atoms with Crippen molar-refractivity contribution in [1.29, 1.82) is 0 Å². The molecule has 0 bridgehead atoms. The fourth-order valence-electron chi connectivity index (χ4n) is 3.99.